The largest absolute Gasteiger partial charge is 0.397 e. The maximum absolute atomic E-state index is 12.3. The quantitative estimate of drug-likeness (QED) is 0.733. The monoisotopic (exact) mass is 273 g/mol. The van der Waals surface area contributed by atoms with Crippen LogP contribution in [-0.4, -0.2) is 29.6 Å². The zero-order valence-electron chi connectivity index (χ0n) is 11.5. The van der Waals surface area contributed by atoms with Gasteiger partial charge in [-0.15, -0.1) is 0 Å². The predicted molar refractivity (Wildman–Crippen MR) is 78.6 cm³/mol. The van der Waals surface area contributed by atoms with Crippen LogP contribution < -0.4 is 11.1 Å². The summed E-state index contributed by atoms with van der Waals surface area (Å²) in [6.07, 6.45) is 1.92. The van der Waals surface area contributed by atoms with Gasteiger partial charge in [-0.25, -0.2) is 0 Å². The van der Waals surface area contributed by atoms with Crippen LogP contribution in [0.5, 0.6) is 0 Å². The van der Waals surface area contributed by atoms with Crippen molar-refractivity contribution in [3.8, 4) is 0 Å². The van der Waals surface area contributed by atoms with Gasteiger partial charge in [0.15, 0.2) is 0 Å². The van der Waals surface area contributed by atoms with E-state index in [0.717, 1.165) is 23.7 Å². The van der Waals surface area contributed by atoms with Crippen molar-refractivity contribution in [1.82, 2.24) is 10.3 Å². The van der Waals surface area contributed by atoms with Crippen LogP contribution in [0.3, 0.4) is 0 Å². The summed E-state index contributed by atoms with van der Waals surface area (Å²) in [5.41, 5.74) is 7.92. The fourth-order valence-corrected chi connectivity index (χ4v) is 2.69. The summed E-state index contributed by atoms with van der Waals surface area (Å²) in [5, 5.41) is 4.01. The van der Waals surface area contributed by atoms with Gasteiger partial charge >= 0.3 is 0 Å². The highest BCUT2D eigenvalue weighted by Crippen LogP contribution is 2.21. The number of H-pyrrole nitrogens is 1. The number of hydrogen-bond acceptors (Lipinski definition) is 3. The van der Waals surface area contributed by atoms with E-state index in [1.807, 2.05) is 31.2 Å². The minimum atomic E-state index is -0.0836. The van der Waals surface area contributed by atoms with Crippen LogP contribution in [0.4, 0.5) is 5.69 Å². The molecule has 0 radical (unpaired) electrons. The Hall–Kier alpha value is -2.01. The van der Waals surface area contributed by atoms with Gasteiger partial charge in [-0.1, -0.05) is 12.1 Å². The fourth-order valence-electron chi connectivity index (χ4n) is 2.69. The average molecular weight is 273 g/mol. The summed E-state index contributed by atoms with van der Waals surface area (Å²) in [7, 11) is 0. The molecule has 2 atom stereocenters. The number of amides is 1. The third-order valence-corrected chi connectivity index (χ3v) is 3.75. The van der Waals surface area contributed by atoms with E-state index in [9.17, 15) is 4.79 Å². The van der Waals surface area contributed by atoms with Crippen molar-refractivity contribution < 1.29 is 9.53 Å². The van der Waals surface area contributed by atoms with Crippen molar-refractivity contribution in [3.63, 3.8) is 0 Å². The molecule has 0 saturated carbocycles. The number of nitrogens with two attached hydrogens (primary N) is 1. The first-order chi connectivity index (χ1) is 9.63. The number of carbonyl (C=O) groups is 1. The maximum atomic E-state index is 12.3. The van der Waals surface area contributed by atoms with E-state index in [1.165, 1.54) is 0 Å². The SMILES string of the molecule is CC1CC(NC(=O)c2cc3cccc(N)c3[nH]2)CCO1. The summed E-state index contributed by atoms with van der Waals surface area (Å²) in [6.45, 7) is 2.73. The van der Waals surface area contributed by atoms with E-state index in [-0.39, 0.29) is 18.1 Å². The van der Waals surface area contributed by atoms with Crippen LogP contribution >= 0.6 is 0 Å². The first kappa shape index (κ1) is 13.0. The molecule has 2 unspecified atom stereocenters. The number of ether oxygens (including phenoxy) is 1. The van der Waals surface area contributed by atoms with E-state index in [2.05, 4.69) is 10.3 Å². The summed E-state index contributed by atoms with van der Waals surface area (Å²) < 4.78 is 5.48. The number of nitrogens with one attached hydrogen (secondary N) is 2. The second-order valence-corrected chi connectivity index (χ2v) is 5.37. The number of benzene rings is 1. The van der Waals surface area contributed by atoms with Gasteiger partial charge in [0.25, 0.3) is 5.91 Å². The molecule has 1 aliphatic heterocycles. The second-order valence-electron chi connectivity index (χ2n) is 5.37. The molecular weight excluding hydrogens is 254 g/mol. The highest BCUT2D eigenvalue weighted by Gasteiger charge is 2.22. The Morgan fingerprint density at radius 1 is 1.50 bits per heavy atom. The van der Waals surface area contributed by atoms with Gasteiger partial charge in [0.1, 0.15) is 5.69 Å². The number of aromatic amines is 1. The lowest BCUT2D eigenvalue weighted by Gasteiger charge is -2.27. The van der Waals surface area contributed by atoms with Gasteiger partial charge < -0.3 is 20.8 Å². The third-order valence-electron chi connectivity index (χ3n) is 3.75. The molecule has 5 nitrogen and oxygen atoms in total. The second kappa shape index (κ2) is 5.17. The summed E-state index contributed by atoms with van der Waals surface area (Å²) in [5.74, 6) is -0.0836. The molecule has 0 spiro atoms. The first-order valence-corrected chi connectivity index (χ1v) is 6.93. The molecule has 20 heavy (non-hydrogen) atoms. The molecule has 3 rings (SSSR count). The van der Waals surface area contributed by atoms with Crippen molar-refractivity contribution >= 4 is 22.5 Å². The molecule has 1 saturated heterocycles. The highest BCUT2D eigenvalue weighted by atomic mass is 16.5. The molecule has 106 valence electrons. The normalized spacial score (nSPS) is 22.9. The lowest BCUT2D eigenvalue weighted by atomic mass is 10.0. The Kier molecular flexibility index (Phi) is 3.36. The Labute approximate surface area is 117 Å². The van der Waals surface area contributed by atoms with E-state index in [1.54, 1.807) is 0 Å². The first-order valence-electron chi connectivity index (χ1n) is 6.93. The van der Waals surface area contributed by atoms with Crippen LogP contribution in [0.25, 0.3) is 10.9 Å². The number of fused-ring (bicyclic) bond motifs is 1. The molecule has 1 aromatic carbocycles. The van der Waals surface area contributed by atoms with Crippen LogP contribution in [0, 0.1) is 0 Å². The maximum Gasteiger partial charge on any atom is 0.267 e. The van der Waals surface area contributed by atoms with Crippen molar-refractivity contribution in [2.45, 2.75) is 31.9 Å². The third kappa shape index (κ3) is 2.49. The number of nitrogen functional groups attached to an aromatic ring is 1. The molecule has 2 heterocycles. The van der Waals surface area contributed by atoms with E-state index in [0.29, 0.717) is 18.0 Å². The molecule has 0 aliphatic carbocycles. The van der Waals surface area contributed by atoms with Crippen LogP contribution in [0.1, 0.15) is 30.3 Å². The van der Waals surface area contributed by atoms with Crippen molar-refractivity contribution in [3.05, 3.63) is 30.0 Å². The predicted octanol–water partition coefficient (Wildman–Crippen LogP) is 2.05. The van der Waals surface area contributed by atoms with Gasteiger partial charge in [-0.3, -0.25) is 4.79 Å². The number of aromatic nitrogens is 1. The molecule has 1 aromatic heterocycles. The molecule has 2 aromatic rings. The number of carbonyl (C=O) groups excluding carboxylic acids is 1. The lowest BCUT2D eigenvalue weighted by molar-refractivity contribution is 0.0136. The Bertz CT molecular complexity index is 635. The zero-order chi connectivity index (χ0) is 14.1. The van der Waals surface area contributed by atoms with Crippen LogP contribution in [-0.2, 0) is 4.74 Å². The Morgan fingerprint density at radius 2 is 2.35 bits per heavy atom. The summed E-state index contributed by atoms with van der Waals surface area (Å²) in [4.78, 5) is 15.4. The number of anilines is 1. The Balaban J connectivity index is 1.77. The zero-order valence-corrected chi connectivity index (χ0v) is 11.5. The smallest absolute Gasteiger partial charge is 0.267 e. The van der Waals surface area contributed by atoms with Crippen LogP contribution in [0.2, 0.25) is 0 Å². The Morgan fingerprint density at radius 3 is 3.10 bits per heavy atom. The molecule has 1 aliphatic rings. The summed E-state index contributed by atoms with van der Waals surface area (Å²) in [6, 6.07) is 7.66. The molecule has 1 fully saturated rings. The number of hydrogen-bond donors (Lipinski definition) is 3. The minimum Gasteiger partial charge on any atom is -0.397 e. The molecule has 1 amide bonds. The molecular formula is C15H19N3O2. The fraction of sp³-hybridized carbons (Fsp3) is 0.400. The van der Waals surface area contributed by atoms with Gasteiger partial charge in [0.2, 0.25) is 0 Å². The average Bonchev–Trinajstić information content (AvgIpc) is 2.84. The highest BCUT2D eigenvalue weighted by molar-refractivity contribution is 6.00. The van der Waals surface area contributed by atoms with Crippen molar-refractivity contribution in [2.75, 3.05) is 12.3 Å². The number of rotatable bonds is 2. The molecule has 5 heteroatoms. The van der Waals surface area contributed by atoms with Gasteiger partial charge in [-0.05, 0) is 31.9 Å². The topological polar surface area (TPSA) is 80.1 Å². The van der Waals surface area contributed by atoms with Crippen molar-refractivity contribution in [1.29, 1.82) is 0 Å². The summed E-state index contributed by atoms with van der Waals surface area (Å²) >= 11 is 0. The van der Waals surface area contributed by atoms with E-state index >= 15 is 0 Å². The van der Waals surface area contributed by atoms with Gasteiger partial charge in [0, 0.05) is 18.0 Å². The van der Waals surface area contributed by atoms with Crippen LogP contribution in [0.15, 0.2) is 24.3 Å². The lowest BCUT2D eigenvalue weighted by Crippen LogP contribution is -2.41. The standard InChI is InChI=1S/C15H19N3O2/c1-9-7-11(5-6-20-9)17-15(19)13-8-10-3-2-4-12(16)14(10)18-13/h2-4,8-9,11,18H,5-7,16H2,1H3,(H,17,19). The van der Waals surface area contributed by atoms with E-state index in [4.69, 9.17) is 10.5 Å². The molecule has 4 N–H and O–H groups in total. The van der Waals surface area contributed by atoms with Crippen molar-refractivity contribution in [2.24, 2.45) is 0 Å². The van der Waals surface area contributed by atoms with Gasteiger partial charge in [0.05, 0.1) is 17.3 Å². The minimum absolute atomic E-state index is 0.0836. The number of para-hydroxylation sites is 1. The molecule has 0 bridgehead atoms. The van der Waals surface area contributed by atoms with E-state index < -0.39 is 0 Å². The van der Waals surface area contributed by atoms with Gasteiger partial charge in [-0.2, -0.15) is 0 Å².